The molecule has 0 bridgehead atoms. The number of anilines is 1. The van der Waals surface area contributed by atoms with E-state index in [-0.39, 0.29) is 11.3 Å². The van der Waals surface area contributed by atoms with E-state index >= 15 is 0 Å². The third-order valence-electron chi connectivity index (χ3n) is 3.89. The molecule has 1 unspecified atom stereocenters. The summed E-state index contributed by atoms with van der Waals surface area (Å²) in [6.07, 6.45) is 2.55. The van der Waals surface area contributed by atoms with Gasteiger partial charge in [0.2, 0.25) is 5.91 Å². The van der Waals surface area contributed by atoms with Gasteiger partial charge < -0.3 is 10.4 Å². The summed E-state index contributed by atoms with van der Waals surface area (Å²) in [6.45, 7) is 6.05. The van der Waals surface area contributed by atoms with E-state index in [1.165, 1.54) is 13.1 Å². The number of fused-ring (bicyclic) bond motifs is 1. The first-order valence-electron chi connectivity index (χ1n) is 6.97. The quantitative estimate of drug-likeness (QED) is 0.891. The van der Waals surface area contributed by atoms with E-state index in [9.17, 15) is 9.90 Å². The predicted octanol–water partition coefficient (Wildman–Crippen LogP) is 2.63. The van der Waals surface area contributed by atoms with E-state index in [0.29, 0.717) is 22.9 Å². The third kappa shape index (κ3) is 2.38. The topological polar surface area (TPSA) is 80.0 Å². The number of halogens is 1. The van der Waals surface area contributed by atoms with Gasteiger partial charge in [-0.05, 0) is 6.07 Å². The maximum absolute atomic E-state index is 11.2. The van der Waals surface area contributed by atoms with Crippen molar-refractivity contribution in [3.05, 3.63) is 29.2 Å². The van der Waals surface area contributed by atoms with Gasteiger partial charge in [0, 0.05) is 36.2 Å². The maximum Gasteiger partial charge on any atom is 0.222 e. The minimum atomic E-state index is -0.626. The molecule has 0 radical (unpaired) electrons. The van der Waals surface area contributed by atoms with Crippen LogP contribution in [0.15, 0.2) is 18.5 Å². The van der Waals surface area contributed by atoms with Crippen molar-refractivity contribution in [2.45, 2.75) is 33.4 Å². The number of rotatable bonds is 2. The van der Waals surface area contributed by atoms with Crippen LogP contribution in [0.2, 0.25) is 5.02 Å². The molecule has 6 nitrogen and oxygen atoms in total. The zero-order valence-electron chi connectivity index (χ0n) is 12.6. The van der Waals surface area contributed by atoms with Crippen molar-refractivity contribution in [3.8, 4) is 11.1 Å². The molecular weight excluding hydrogens is 304 g/mol. The number of amides is 1. The van der Waals surface area contributed by atoms with Gasteiger partial charge in [-0.1, -0.05) is 25.4 Å². The van der Waals surface area contributed by atoms with Crippen LogP contribution in [0.1, 0.15) is 32.6 Å². The SMILES string of the molecule is CC(=O)Nc1cc(-c2cnn3c2C(O)C(C)(C)C3)c(Cl)cn1. The smallest absolute Gasteiger partial charge is 0.222 e. The van der Waals surface area contributed by atoms with E-state index < -0.39 is 6.10 Å². The summed E-state index contributed by atoms with van der Waals surface area (Å²) in [4.78, 5) is 15.3. The summed E-state index contributed by atoms with van der Waals surface area (Å²) in [5, 5.41) is 18.0. The first-order valence-corrected chi connectivity index (χ1v) is 7.34. The Labute approximate surface area is 133 Å². The Hall–Kier alpha value is -1.92. The molecule has 0 fully saturated rings. The lowest BCUT2D eigenvalue weighted by Crippen LogP contribution is -2.18. The molecule has 2 aromatic rings. The highest BCUT2D eigenvalue weighted by molar-refractivity contribution is 6.33. The Morgan fingerprint density at radius 2 is 2.18 bits per heavy atom. The molecule has 7 heteroatoms. The van der Waals surface area contributed by atoms with E-state index in [2.05, 4.69) is 15.4 Å². The highest BCUT2D eigenvalue weighted by Crippen LogP contribution is 2.46. The number of hydrogen-bond donors (Lipinski definition) is 2. The van der Waals surface area contributed by atoms with Crippen LogP contribution in [-0.4, -0.2) is 25.8 Å². The van der Waals surface area contributed by atoms with Gasteiger partial charge in [0.1, 0.15) is 11.9 Å². The molecule has 3 heterocycles. The average Bonchev–Trinajstić information content (AvgIpc) is 2.90. The molecule has 1 atom stereocenters. The number of aliphatic hydroxyl groups is 1. The zero-order valence-corrected chi connectivity index (χ0v) is 13.3. The number of nitrogens with zero attached hydrogens (tertiary/aromatic N) is 3. The molecule has 116 valence electrons. The van der Waals surface area contributed by atoms with Gasteiger partial charge in [-0.3, -0.25) is 9.48 Å². The Balaban J connectivity index is 2.09. The standard InChI is InChI=1S/C15H17ClN4O2/c1-8(21)19-12-4-9(11(16)6-17-12)10-5-18-20-7-15(2,3)14(22)13(10)20/h4-6,14,22H,7H2,1-3H3,(H,17,19,21). The molecule has 0 saturated carbocycles. The highest BCUT2D eigenvalue weighted by atomic mass is 35.5. The third-order valence-corrected chi connectivity index (χ3v) is 4.19. The molecular formula is C15H17ClN4O2. The van der Waals surface area contributed by atoms with E-state index in [1.54, 1.807) is 16.9 Å². The van der Waals surface area contributed by atoms with Gasteiger partial charge in [-0.15, -0.1) is 0 Å². The predicted molar refractivity (Wildman–Crippen MR) is 83.5 cm³/mol. The highest BCUT2D eigenvalue weighted by Gasteiger charge is 2.41. The zero-order chi connectivity index (χ0) is 16.1. The molecule has 3 rings (SSSR count). The molecule has 0 spiro atoms. The Bertz CT molecular complexity index is 754. The van der Waals surface area contributed by atoms with E-state index in [1.807, 2.05) is 13.8 Å². The first kappa shape index (κ1) is 15.0. The fourth-order valence-electron chi connectivity index (χ4n) is 2.75. The Morgan fingerprint density at radius 1 is 1.45 bits per heavy atom. The first-order chi connectivity index (χ1) is 10.3. The molecule has 0 saturated heterocycles. The van der Waals surface area contributed by atoms with Crippen molar-refractivity contribution in [2.75, 3.05) is 5.32 Å². The largest absolute Gasteiger partial charge is 0.386 e. The van der Waals surface area contributed by atoms with Crippen LogP contribution in [0.3, 0.4) is 0 Å². The van der Waals surface area contributed by atoms with Crippen LogP contribution < -0.4 is 5.32 Å². The molecule has 0 aliphatic carbocycles. The summed E-state index contributed by atoms with van der Waals surface area (Å²) in [6, 6.07) is 1.69. The van der Waals surface area contributed by atoms with Crippen molar-refractivity contribution >= 4 is 23.3 Å². The number of aliphatic hydroxyl groups excluding tert-OH is 1. The molecule has 1 aliphatic heterocycles. The number of carbonyl (C=O) groups excluding carboxylic acids is 1. The Morgan fingerprint density at radius 3 is 2.86 bits per heavy atom. The lowest BCUT2D eigenvalue weighted by atomic mass is 9.86. The maximum atomic E-state index is 11.2. The molecule has 1 amide bonds. The number of pyridine rings is 1. The van der Waals surface area contributed by atoms with Crippen molar-refractivity contribution < 1.29 is 9.90 Å². The number of carbonyl (C=O) groups is 1. The minimum Gasteiger partial charge on any atom is -0.386 e. The van der Waals surface area contributed by atoms with Crippen molar-refractivity contribution in [3.63, 3.8) is 0 Å². The van der Waals surface area contributed by atoms with Crippen molar-refractivity contribution in [1.82, 2.24) is 14.8 Å². The van der Waals surface area contributed by atoms with Crippen LogP contribution >= 0.6 is 11.6 Å². The molecule has 1 aliphatic rings. The fraction of sp³-hybridized carbons (Fsp3) is 0.400. The molecule has 0 aromatic carbocycles. The average molecular weight is 321 g/mol. The van der Waals surface area contributed by atoms with Crippen LogP contribution in [0.25, 0.3) is 11.1 Å². The molecule has 22 heavy (non-hydrogen) atoms. The minimum absolute atomic E-state index is 0.206. The van der Waals surface area contributed by atoms with Crippen molar-refractivity contribution in [1.29, 1.82) is 0 Å². The lowest BCUT2D eigenvalue weighted by molar-refractivity contribution is -0.114. The number of aromatic nitrogens is 3. The van der Waals surface area contributed by atoms with Gasteiger partial charge in [0.15, 0.2) is 0 Å². The second kappa shape index (κ2) is 5.07. The second-order valence-electron chi connectivity index (χ2n) is 6.22. The van der Waals surface area contributed by atoms with Crippen LogP contribution in [-0.2, 0) is 11.3 Å². The van der Waals surface area contributed by atoms with E-state index in [0.717, 1.165) is 11.3 Å². The summed E-state index contributed by atoms with van der Waals surface area (Å²) in [5.74, 6) is 0.209. The van der Waals surface area contributed by atoms with Gasteiger partial charge >= 0.3 is 0 Å². The van der Waals surface area contributed by atoms with Gasteiger partial charge in [-0.25, -0.2) is 4.98 Å². The Kier molecular flexibility index (Phi) is 3.45. The summed E-state index contributed by atoms with van der Waals surface area (Å²) >= 11 is 6.25. The molecule has 2 N–H and O–H groups in total. The number of hydrogen-bond acceptors (Lipinski definition) is 4. The summed E-state index contributed by atoms with van der Waals surface area (Å²) in [5.41, 5.74) is 1.92. The summed E-state index contributed by atoms with van der Waals surface area (Å²) in [7, 11) is 0. The normalized spacial score (nSPS) is 19.0. The van der Waals surface area contributed by atoms with E-state index in [4.69, 9.17) is 11.6 Å². The van der Waals surface area contributed by atoms with Crippen LogP contribution in [0.4, 0.5) is 5.82 Å². The monoisotopic (exact) mass is 320 g/mol. The van der Waals surface area contributed by atoms with Crippen LogP contribution in [0, 0.1) is 5.41 Å². The van der Waals surface area contributed by atoms with Gasteiger partial charge in [0.25, 0.3) is 0 Å². The second-order valence-corrected chi connectivity index (χ2v) is 6.63. The van der Waals surface area contributed by atoms with Gasteiger partial charge in [-0.2, -0.15) is 5.10 Å². The van der Waals surface area contributed by atoms with Crippen molar-refractivity contribution in [2.24, 2.45) is 5.41 Å². The fourth-order valence-corrected chi connectivity index (χ4v) is 2.96. The summed E-state index contributed by atoms with van der Waals surface area (Å²) < 4.78 is 1.80. The van der Waals surface area contributed by atoms with Crippen LogP contribution in [0.5, 0.6) is 0 Å². The van der Waals surface area contributed by atoms with Gasteiger partial charge in [0.05, 0.1) is 16.9 Å². The lowest BCUT2D eigenvalue weighted by Gasteiger charge is -2.21. The molecule has 2 aromatic heterocycles. The number of nitrogens with one attached hydrogen (secondary N) is 1.